The summed E-state index contributed by atoms with van der Waals surface area (Å²) in [6.07, 6.45) is 1.79. The average molecular weight is 557 g/mol. The SMILES string of the molecule is CCOC(=O)C1=C(C)N=c2s/c(=C\c3ccc4c(c3)OCO4)c(=O)n2C1c1ccc(OC)c(Br)c1. The van der Waals surface area contributed by atoms with Gasteiger partial charge in [0, 0.05) is 0 Å². The lowest BCUT2D eigenvalue weighted by atomic mass is 9.96. The molecular formula is C25H21BrN2O6S. The topological polar surface area (TPSA) is 88.4 Å². The lowest BCUT2D eigenvalue weighted by molar-refractivity contribution is -0.139. The number of carbonyl (C=O) groups is 1. The Labute approximate surface area is 212 Å². The number of nitrogens with zero attached hydrogens (tertiary/aromatic N) is 2. The summed E-state index contributed by atoms with van der Waals surface area (Å²) in [5.41, 5.74) is 2.11. The van der Waals surface area contributed by atoms with E-state index in [9.17, 15) is 9.59 Å². The molecule has 0 N–H and O–H groups in total. The van der Waals surface area contributed by atoms with E-state index in [1.165, 1.54) is 11.3 Å². The molecule has 0 amide bonds. The van der Waals surface area contributed by atoms with E-state index in [1.807, 2.05) is 30.3 Å². The minimum absolute atomic E-state index is 0.175. The fraction of sp³-hybridized carbons (Fsp3) is 0.240. The minimum Gasteiger partial charge on any atom is -0.496 e. The van der Waals surface area contributed by atoms with E-state index >= 15 is 0 Å². The van der Waals surface area contributed by atoms with Crippen molar-refractivity contribution in [2.75, 3.05) is 20.5 Å². The molecule has 5 rings (SSSR count). The summed E-state index contributed by atoms with van der Waals surface area (Å²) in [4.78, 5) is 31.8. The quantitative estimate of drug-likeness (QED) is 0.448. The summed E-state index contributed by atoms with van der Waals surface area (Å²) in [6, 6.07) is 10.3. The second kappa shape index (κ2) is 9.35. The van der Waals surface area contributed by atoms with Crippen LogP contribution in [-0.4, -0.2) is 31.0 Å². The number of ether oxygens (including phenoxy) is 4. The molecule has 2 aliphatic rings. The lowest BCUT2D eigenvalue weighted by Crippen LogP contribution is -2.39. The van der Waals surface area contributed by atoms with Gasteiger partial charge in [-0.15, -0.1) is 0 Å². The Balaban J connectivity index is 1.70. The fourth-order valence-corrected chi connectivity index (χ4v) is 5.72. The van der Waals surface area contributed by atoms with Gasteiger partial charge in [0.1, 0.15) is 5.75 Å². The number of methoxy groups -OCH3 is 1. The van der Waals surface area contributed by atoms with Crippen molar-refractivity contribution < 1.29 is 23.7 Å². The maximum atomic E-state index is 13.7. The van der Waals surface area contributed by atoms with Gasteiger partial charge in [-0.1, -0.05) is 23.5 Å². The lowest BCUT2D eigenvalue weighted by Gasteiger charge is -2.25. The number of allylic oxidation sites excluding steroid dienone is 1. The normalized spacial score (nSPS) is 16.7. The van der Waals surface area contributed by atoms with Gasteiger partial charge in [0.05, 0.1) is 40.0 Å². The van der Waals surface area contributed by atoms with Crippen molar-refractivity contribution >= 4 is 39.3 Å². The van der Waals surface area contributed by atoms with Crippen molar-refractivity contribution in [3.63, 3.8) is 0 Å². The van der Waals surface area contributed by atoms with E-state index in [2.05, 4.69) is 20.9 Å². The van der Waals surface area contributed by atoms with E-state index in [0.717, 1.165) is 11.1 Å². The van der Waals surface area contributed by atoms with Crippen LogP contribution in [0.15, 0.2) is 61.9 Å². The molecule has 0 bridgehead atoms. The maximum absolute atomic E-state index is 13.7. The molecule has 2 aromatic carbocycles. The highest BCUT2D eigenvalue weighted by Crippen LogP contribution is 2.35. The highest BCUT2D eigenvalue weighted by molar-refractivity contribution is 9.10. The molecule has 0 saturated heterocycles. The molecule has 35 heavy (non-hydrogen) atoms. The van der Waals surface area contributed by atoms with E-state index in [0.29, 0.717) is 42.3 Å². The van der Waals surface area contributed by atoms with Crippen molar-refractivity contribution in [2.24, 2.45) is 4.99 Å². The van der Waals surface area contributed by atoms with Gasteiger partial charge in [0.2, 0.25) is 6.79 Å². The Kier molecular flexibility index (Phi) is 6.24. The van der Waals surface area contributed by atoms with E-state index in [1.54, 1.807) is 37.7 Å². The summed E-state index contributed by atoms with van der Waals surface area (Å²) >= 11 is 4.78. The number of hydrogen-bond donors (Lipinski definition) is 0. The Bertz CT molecular complexity index is 1550. The van der Waals surface area contributed by atoms with Crippen LogP contribution in [-0.2, 0) is 9.53 Å². The molecule has 0 aliphatic carbocycles. The second-order valence-corrected chi connectivity index (χ2v) is 9.67. The molecule has 3 aromatic rings. The molecule has 1 atom stereocenters. The predicted octanol–water partition coefficient (Wildman–Crippen LogP) is 3.30. The molecular weight excluding hydrogens is 536 g/mol. The van der Waals surface area contributed by atoms with Gasteiger partial charge in [-0.2, -0.15) is 0 Å². The number of aromatic nitrogens is 1. The van der Waals surface area contributed by atoms with Crippen molar-refractivity contribution in [1.29, 1.82) is 0 Å². The van der Waals surface area contributed by atoms with E-state index in [4.69, 9.17) is 18.9 Å². The van der Waals surface area contributed by atoms with Gasteiger partial charge in [-0.05, 0) is 71.2 Å². The molecule has 8 nitrogen and oxygen atoms in total. The third-order valence-corrected chi connectivity index (χ3v) is 7.31. The minimum atomic E-state index is -0.702. The Morgan fingerprint density at radius 1 is 1.26 bits per heavy atom. The summed E-state index contributed by atoms with van der Waals surface area (Å²) < 4.78 is 24.3. The van der Waals surface area contributed by atoms with Crippen molar-refractivity contribution in [1.82, 2.24) is 4.57 Å². The molecule has 1 aromatic heterocycles. The monoisotopic (exact) mass is 556 g/mol. The molecule has 0 fully saturated rings. The van der Waals surface area contributed by atoms with Gasteiger partial charge in [0.15, 0.2) is 16.3 Å². The van der Waals surface area contributed by atoms with Crippen LogP contribution >= 0.6 is 27.3 Å². The highest BCUT2D eigenvalue weighted by atomic mass is 79.9. The molecule has 0 saturated carbocycles. The summed E-state index contributed by atoms with van der Waals surface area (Å²) in [5.74, 6) is 1.44. The Hall–Kier alpha value is -3.37. The number of thiazole rings is 1. The number of halogens is 1. The van der Waals surface area contributed by atoms with Crippen molar-refractivity contribution in [3.8, 4) is 17.2 Å². The van der Waals surface area contributed by atoms with Crippen molar-refractivity contribution in [2.45, 2.75) is 19.9 Å². The first-order valence-corrected chi connectivity index (χ1v) is 12.4. The Morgan fingerprint density at radius 3 is 2.80 bits per heavy atom. The van der Waals surface area contributed by atoms with Crippen LogP contribution < -0.4 is 29.1 Å². The van der Waals surface area contributed by atoms with Crippen LogP contribution in [0.5, 0.6) is 17.2 Å². The number of fused-ring (bicyclic) bond motifs is 2. The third kappa shape index (κ3) is 4.17. The number of hydrogen-bond acceptors (Lipinski definition) is 8. The van der Waals surface area contributed by atoms with Crippen molar-refractivity contribution in [3.05, 3.63) is 83.0 Å². The van der Waals surface area contributed by atoms with Crippen LogP contribution in [0.25, 0.3) is 6.08 Å². The van der Waals surface area contributed by atoms with Crippen LogP contribution in [0.3, 0.4) is 0 Å². The first-order valence-electron chi connectivity index (χ1n) is 10.8. The zero-order valence-electron chi connectivity index (χ0n) is 19.2. The zero-order chi connectivity index (χ0) is 24.7. The molecule has 180 valence electrons. The van der Waals surface area contributed by atoms with E-state index < -0.39 is 12.0 Å². The summed E-state index contributed by atoms with van der Waals surface area (Å²) in [6.45, 7) is 3.89. The molecule has 0 radical (unpaired) electrons. The van der Waals surface area contributed by atoms with Gasteiger partial charge < -0.3 is 18.9 Å². The van der Waals surface area contributed by atoms with Crippen LogP contribution in [0.2, 0.25) is 0 Å². The zero-order valence-corrected chi connectivity index (χ0v) is 21.6. The molecule has 10 heteroatoms. The molecule has 3 heterocycles. The first-order chi connectivity index (χ1) is 16.9. The standard InChI is InChI=1S/C25H21BrN2O6S/c1-4-32-24(30)21-13(2)27-25-28(22(21)15-6-8-17(31-3)16(26)11-15)23(29)20(35-25)10-14-5-7-18-19(9-14)34-12-33-18/h5-11,22H,4,12H2,1-3H3/b20-10-. The van der Waals surface area contributed by atoms with Gasteiger partial charge in [0.25, 0.3) is 5.56 Å². The fourth-order valence-electron chi connectivity index (χ4n) is 4.11. The maximum Gasteiger partial charge on any atom is 0.338 e. The number of rotatable bonds is 5. The number of esters is 1. The second-order valence-electron chi connectivity index (χ2n) is 7.81. The smallest absolute Gasteiger partial charge is 0.338 e. The van der Waals surface area contributed by atoms with Gasteiger partial charge in [-0.25, -0.2) is 9.79 Å². The van der Waals surface area contributed by atoms with Gasteiger partial charge >= 0.3 is 5.97 Å². The number of benzene rings is 2. The highest BCUT2D eigenvalue weighted by Gasteiger charge is 2.33. The Morgan fingerprint density at radius 2 is 2.06 bits per heavy atom. The summed E-state index contributed by atoms with van der Waals surface area (Å²) in [5, 5.41) is 0. The molecule has 1 unspecified atom stereocenters. The average Bonchev–Trinajstić information content (AvgIpc) is 3.42. The van der Waals surface area contributed by atoms with E-state index in [-0.39, 0.29) is 19.0 Å². The third-order valence-electron chi connectivity index (χ3n) is 5.70. The summed E-state index contributed by atoms with van der Waals surface area (Å²) in [7, 11) is 1.58. The largest absolute Gasteiger partial charge is 0.496 e. The van der Waals surface area contributed by atoms with Crippen LogP contribution in [0, 0.1) is 0 Å². The van der Waals surface area contributed by atoms with Crippen LogP contribution in [0.1, 0.15) is 31.0 Å². The van der Waals surface area contributed by atoms with Crippen LogP contribution in [0.4, 0.5) is 0 Å². The first kappa shape index (κ1) is 23.4. The molecule has 2 aliphatic heterocycles. The predicted molar refractivity (Wildman–Crippen MR) is 134 cm³/mol. The molecule has 0 spiro atoms. The number of carbonyl (C=O) groups excluding carboxylic acids is 1. The van der Waals surface area contributed by atoms with Gasteiger partial charge in [-0.3, -0.25) is 9.36 Å².